The molecule has 3 heterocycles. The van der Waals surface area contributed by atoms with Crippen molar-refractivity contribution in [2.24, 2.45) is 5.41 Å². The Morgan fingerprint density at radius 3 is 2.56 bits per heavy atom. The van der Waals surface area contributed by atoms with Crippen molar-refractivity contribution in [3.63, 3.8) is 0 Å². The number of fused-ring (bicyclic) bond motifs is 3. The smallest absolute Gasteiger partial charge is 0.258 e. The van der Waals surface area contributed by atoms with Crippen molar-refractivity contribution in [3.05, 3.63) is 11.7 Å². The van der Waals surface area contributed by atoms with Gasteiger partial charge in [-0.3, -0.25) is 0 Å². The number of carbonyl (C=O) groups excluding carboxylic acids is 1. The quantitative estimate of drug-likeness (QED) is 0.765. The summed E-state index contributed by atoms with van der Waals surface area (Å²) >= 11 is 0. The molecule has 5 rings (SSSR count). The van der Waals surface area contributed by atoms with Crippen molar-refractivity contribution in [2.75, 3.05) is 6.61 Å². The van der Waals surface area contributed by atoms with Gasteiger partial charge in [0.05, 0.1) is 6.61 Å². The zero-order chi connectivity index (χ0) is 12.2. The van der Waals surface area contributed by atoms with E-state index < -0.39 is 5.60 Å². The summed E-state index contributed by atoms with van der Waals surface area (Å²) in [6.45, 7) is 0.498. The average Bonchev–Trinajstić information content (AvgIpc) is 3.18. The molecular weight excluding hydrogens is 232 g/mol. The van der Waals surface area contributed by atoms with Gasteiger partial charge in [-0.25, -0.2) is 0 Å². The van der Waals surface area contributed by atoms with Crippen LogP contribution >= 0.6 is 0 Å². The van der Waals surface area contributed by atoms with Crippen molar-refractivity contribution in [3.8, 4) is 0 Å². The molecule has 96 valence electrons. The third-order valence-electron chi connectivity index (χ3n) is 4.71. The number of nitrogens with zero attached hydrogens (tertiary/aromatic N) is 2. The minimum Gasteiger partial charge on any atom is -0.364 e. The highest BCUT2D eigenvalue weighted by atomic mass is 16.5. The van der Waals surface area contributed by atoms with Gasteiger partial charge in [0.1, 0.15) is 11.9 Å². The highest BCUT2D eigenvalue weighted by molar-refractivity contribution is 5.60. The van der Waals surface area contributed by atoms with Crippen molar-refractivity contribution < 1.29 is 14.1 Å². The lowest BCUT2D eigenvalue weighted by Gasteiger charge is -2.48. The van der Waals surface area contributed by atoms with Crippen LogP contribution in [0.3, 0.4) is 0 Å². The molecule has 1 aromatic rings. The fraction of sp³-hybridized carbons (Fsp3) is 0.769. The molecule has 0 amide bonds. The van der Waals surface area contributed by atoms with Crippen molar-refractivity contribution in [2.45, 2.75) is 50.0 Å². The first-order chi connectivity index (χ1) is 8.75. The minimum atomic E-state index is -0.412. The van der Waals surface area contributed by atoms with Crippen LogP contribution in [0.4, 0.5) is 0 Å². The van der Waals surface area contributed by atoms with E-state index in [0.717, 1.165) is 37.8 Å². The molecule has 0 aromatic carbocycles. The highest BCUT2D eigenvalue weighted by Crippen LogP contribution is 2.52. The molecule has 0 atom stereocenters. The first kappa shape index (κ1) is 10.7. The van der Waals surface area contributed by atoms with Gasteiger partial charge in [0.25, 0.3) is 5.89 Å². The number of rotatable bonds is 3. The maximum atomic E-state index is 11.1. The fourth-order valence-corrected chi connectivity index (χ4v) is 3.08. The number of aromatic nitrogens is 2. The predicted molar refractivity (Wildman–Crippen MR) is 60.9 cm³/mol. The molecule has 18 heavy (non-hydrogen) atoms. The molecule has 5 nitrogen and oxygen atoms in total. The molecule has 4 aliphatic rings. The van der Waals surface area contributed by atoms with Crippen LogP contribution in [0.5, 0.6) is 0 Å². The second-order valence-corrected chi connectivity index (χ2v) is 6.00. The molecule has 0 spiro atoms. The number of hydrogen-bond acceptors (Lipinski definition) is 5. The molecule has 0 radical (unpaired) electrons. The molecule has 5 heteroatoms. The highest BCUT2D eigenvalue weighted by Gasteiger charge is 2.53. The molecule has 2 aliphatic carbocycles. The van der Waals surface area contributed by atoms with E-state index in [1.807, 2.05) is 0 Å². The van der Waals surface area contributed by atoms with Crippen LogP contribution in [-0.2, 0) is 15.1 Å². The van der Waals surface area contributed by atoms with Gasteiger partial charge in [-0.1, -0.05) is 5.16 Å². The average molecular weight is 248 g/mol. The molecule has 4 fully saturated rings. The van der Waals surface area contributed by atoms with E-state index in [0.29, 0.717) is 18.4 Å². The lowest BCUT2D eigenvalue weighted by molar-refractivity contribution is -0.196. The van der Waals surface area contributed by atoms with Gasteiger partial charge in [-0.05, 0) is 38.5 Å². The Balaban J connectivity index is 1.62. The van der Waals surface area contributed by atoms with Crippen LogP contribution in [-0.4, -0.2) is 23.0 Å². The number of hydrogen-bond donors (Lipinski definition) is 0. The molecule has 2 saturated carbocycles. The lowest BCUT2D eigenvalue weighted by atomic mass is 9.67. The van der Waals surface area contributed by atoms with Crippen LogP contribution in [0, 0.1) is 5.41 Å². The first-order valence-electron chi connectivity index (χ1n) is 6.70. The largest absolute Gasteiger partial charge is 0.364 e. The first-order valence-corrected chi connectivity index (χ1v) is 6.70. The topological polar surface area (TPSA) is 65.2 Å². The second kappa shape index (κ2) is 3.41. The van der Waals surface area contributed by atoms with E-state index in [9.17, 15) is 4.79 Å². The van der Waals surface area contributed by atoms with Gasteiger partial charge >= 0.3 is 0 Å². The summed E-state index contributed by atoms with van der Waals surface area (Å²) in [6, 6.07) is 0. The Bertz CT molecular complexity index is 468. The molecule has 0 N–H and O–H groups in total. The Morgan fingerprint density at radius 2 is 2.00 bits per heavy atom. The molecule has 2 bridgehead atoms. The summed E-state index contributed by atoms with van der Waals surface area (Å²) in [5.41, 5.74) is -0.661. The van der Waals surface area contributed by atoms with E-state index >= 15 is 0 Å². The van der Waals surface area contributed by atoms with Gasteiger partial charge in [0.15, 0.2) is 5.82 Å². The van der Waals surface area contributed by atoms with E-state index in [1.54, 1.807) is 0 Å². The van der Waals surface area contributed by atoms with E-state index in [-0.39, 0.29) is 5.41 Å². The van der Waals surface area contributed by atoms with E-state index in [2.05, 4.69) is 10.1 Å². The van der Waals surface area contributed by atoms with Crippen LogP contribution in [0.25, 0.3) is 0 Å². The summed E-state index contributed by atoms with van der Waals surface area (Å²) in [4.78, 5) is 15.7. The predicted octanol–water partition coefficient (Wildman–Crippen LogP) is 1.93. The molecular formula is C13H16N2O3. The van der Waals surface area contributed by atoms with Crippen LogP contribution in [0.1, 0.15) is 56.2 Å². The van der Waals surface area contributed by atoms with Gasteiger partial charge in [0.2, 0.25) is 0 Å². The molecule has 2 saturated heterocycles. The van der Waals surface area contributed by atoms with Crippen LogP contribution in [0.15, 0.2) is 4.52 Å². The zero-order valence-corrected chi connectivity index (χ0v) is 10.2. The third kappa shape index (κ3) is 1.40. The van der Waals surface area contributed by atoms with Crippen molar-refractivity contribution in [1.82, 2.24) is 10.1 Å². The Hall–Kier alpha value is -1.23. The SMILES string of the molecule is O=CC12CCC(c3nc(C4CC4)no3)(CC1)OC2. The van der Waals surface area contributed by atoms with Crippen molar-refractivity contribution >= 4 is 6.29 Å². The van der Waals surface area contributed by atoms with Gasteiger partial charge in [-0.2, -0.15) is 4.98 Å². The Labute approximate surface area is 105 Å². The molecule has 0 unspecified atom stereocenters. The van der Waals surface area contributed by atoms with Crippen molar-refractivity contribution in [1.29, 1.82) is 0 Å². The second-order valence-electron chi connectivity index (χ2n) is 6.00. The van der Waals surface area contributed by atoms with E-state index in [1.165, 1.54) is 12.8 Å². The van der Waals surface area contributed by atoms with Gasteiger partial charge < -0.3 is 14.1 Å². The van der Waals surface area contributed by atoms with Crippen LogP contribution < -0.4 is 0 Å². The number of ether oxygens (including phenoxy) is 1. The molecule has 1 aromatic heterocycles. The van der Waals surface area contributed by atoms with Gasteiger partial charge in [0, 0.05) is 11.3 Å². The fourth-order valence-electron chi connectivity index (χ4n) is 3.08. The summed E-state index contributed by atoms with van der Waals surface area (Å²) in [6.07, 6.45) is 6.78. The normalized spacial score (nSPS) is 38.9. The minimum absolute atomic E-state index is 0.249. The van der Waals surface area contributed by atoms with Crippen LogP contribution in [0.2, 0.25) is 0 Å². The zero-order valence-electron chi connectivity index (χ0n) is 10.2. The Kier molecular flexibility index (Phi) is 2.02. The van der Waals surface area contributed by atoms with Gasteiger partial charge in [-0.15, -0.1) is 0 Å². The lowest BCUT2D eigenvalue weighted by Crippen LogP contribution is -2.50. The summed E-state index contributed by atoms with van der Waals surface area (Å²) in [5, 5.41) is 4.07. The maximum absolute atomic E-state index is 11.1. The number of aldehydes is 1. The summed E-state index contributed by atoms with van der Waals surface area (Å²) in [7, 11) is 0. The maximum Gasteiger partial charge on any atom is 0.258 e. The summed E-state index contributed by atoms with van der Waals surface area (Å²) in [5.74, 6) is 1.96. The summed E-state index contributed by atoms with van der Waals surface area (Å²) < 4.78 is 11.3. The molecule has 2 aliphatic heterocycles. The monoisotopic (exact) mass is 248 g/mol. The third-order valence-corrected chi connectivity index (χ3v) is 4.71. The standard InChI is InChI=1S/C13H16N2O3/c16-7-12-3-5-13(6-4-12,17-8-12)11-14-10(15-18-11)9-1-2-9/h7,9H,1-6,8H2. The Morgan fingerprint density at radius 1 is 1.22 bits per heavy atom. The number of carbonyl (C=O) groups is 1. The van der Waals surface area contributed by atoms with E-state index in [4.69, 9.17) is 9.26 Å².